The van der Waals surface area contributed by atoms with Crippen molar-refractivity contribution in [3.05, 3.63) is 62.5 Å². The molecule has 1 aromatic carbocycles. The molecular formula is C17H15BrN4O2. The van der Waals surface area contributed by atoms with E-state index in [2.05, 4.69) is 27.1 Å². The predicted octanol–water partition coefficient (Wildman–Crippen LogP) is 4.42. The van der Waals surface area contributed by atoms with Crippen LogP contribution in [0.3, 0.4) is 0 Å². The van der Waals surface area contributed by atoms with Gasteiger partial charge in [0, 0.05) is 17.7 Å². The lowest BCUT2D eigenvalue weighted by Gasteiger charge is -2.25. The molecule has 0 N–H and O–H groups in total. The topological polar surface area (TPSA) is 73.8 Å². The zero-order chi connectivity index (χ0) is 16.7. The van der Waals surface area contributed by atoms with E-state index in [4.69, 9.17) is 4.98 Å². The molecule has 2 heterocycles. The molecule has 4 rings (SSSR count). The van der Waals surface area contributed by atoms with Gasteiger partial charge in [-0.3, -0.25) is 19.8 Å². The van der Waals surface area contributed by atoms with Crippen LogP contribution in [0, 0.1) is 10.1 Å². The van der Waals surface area contributed by atoms with E-state index in [0.29, 0.717) is 22.5 Å². The summed E-state index contributed by atoms with van der Waals surface area (Å²) in [7, 11) is 0. The van der Waals surface area contributed by atoms with Crippen LogP contribution in [0.1, 0.15) is 36.6 Å². The van der Waals surface area contributed by atoms with Gasteiger partial charge in [0.05, 0.1) is 22.7 Å². The van der Waals surface area contributed by atoms with Crippen molar-refractivity contribution in [2.45, 2.75) is 31.7 Å². The quantitative estimate of drug-likeness (QED) is 0.491. The second-order valence-electron chi connectivity index (χ2n) is 6.06. The van der Waals surface area contributed by atoms with E-state index in [9.17, 15) is 10.1 Å². The lowest BCUT2D eigenvalue weighted by Crippen LogP contribution is -2.12. The Hall–Kier alpha value is -2.28. The second kappa shape index (κ2) is 5.98. The average molecular weight is 387 g/mol. The van der Waals surface area contributed by atoms with Crippen LogP contribution in [0.5, 0.6) is 0 Å². The molecule has 0 atom stereocenters. The first-order valence-electron chi connectivity index (χ1n) is 7.89. The third-order valence-electron chi connectivity index (χ3n) is 4.57. The Kier molecular flexibility index (Phi) is 3.80. The van der Waals surface area contributed by atoms with Gasteiger partial charge in [-0.1, -0.05) is 18.6 Å². The normalized spacial score (nSPS) is 14.7. The fourth-order valence-electron chi connectivity index (χ4n) is 3.11. The first-order chi connectivity index (χ1) is 11.6. The van der Waals surface area contributed by atoms with Crippen LogP contribution in [-0.4, -0.2) is 19.7 Å². The molecule has 1 saturated carbocycles. The molecule has 0 radical (unpaired) electrons. The Morgan fingerprint density at radius 2 is 2.04 bits per heavy atom. The summed E-state index contributed by atoms with van der Waals surface area (Å²) in [5.41, 5.74) is 2.84. The minimum Gasteiger partial charge on any atom is -0.258 e. The van der Waals surface area contributed by atoms with Gasteiger partial charge in [-0.05, 0) is 47.0 Å². The van der Waals surface area contributed by atoms with E-state index in [-0.39, 0.29) is 10.6 Å². The average Bonchev–Trinajstić information content (AvgIpc) is 2.82. The summed E-state index contributed by atoms with van der Waals surface area (Å²) in [6.07, 6.45) is 3.69. The number of aromatic nitrogens is 3. The number of nitrogens with zero attached hydrogens (tertiary/aromatic N) is 4. The van der Waals surface area contributed by atoms with Crippen molar-refractivity contribution in [2.75, 3.05) is 0 Å². The molecule has 0 amide bonds. The summed E-state index contributed by atoms with van der Waals surface area (Å²) >= 11 is 3.35. The first kappa shape index (κ1) is 15.3. The third-order valence-corrected chi connectivity index (χ3v) is 5.13. The van der Waals surface area contributed by atoms with Gasteiger partial charge >= 0.3 is 0 Å². The Balaban J connectivity index is 1.73. The molecule has 0 unspecified atom stereocenters. The molecule has 0 saturated heterocycles. The van der Waals surface area contributed by atoms with Gasteiger partial charge in [-0.2, -0.15) is 5.10 Å². The third kappa shape index (κ3) is 2.58. The smallest absolute Gasteiger partial charge is 0.258 e. The van der Waals surface area contributed by atoms with Gasteiger partial charge in [0.1, 0.15) is 9.99 Å². The summed E-state index contributed by atoms with van der Waals surface area (Å²) in [4.78, 5) is 15.6. The molecule has 0 bridgehead atoms. The Morgan fingerprint density at radius 1 is 1.25 bits per heavy atom. The molecule has 0 aliphatic heterocycles. The lowest BCUT2D eigenvalue weighted by atomic mass is 9.82. The first-order valence-corrected chi connectivity index (χ1v) is 8.68. The van der Waals surface area contributed by atoms with Gasteiger partial charge in [0.2, 0.25) is 0 Å². The summed E-state index contributed by atoms with van der Waals surface area (Å²) in [5.74, 6) is 0.576. The van der Waals surface area contributed by atoms with E-state index in [1.807, 2.05) is 18.2 Å². The van der Waals surface area contributed by atoms with E-state index in [1.54, 1.807) is 10.7 Å². The molecule has 1 fully saturated rings. The summed E-state index contributed by atoms with van der Waals surface area (Å²) < 4.78 is 2.25. The largest absolute Gasteiger partial charge is 0.281 e. The summed E-state index contributed by atoms with van der Waals surface area (Å²) in [6.45, 7) is 0.490. The van der Waals surface area contributed by atoms with Crippen molar-refractivity contribution in [1.82, 2.24) is 14.8 Å². The van der Waals surface area contributed by atoms with Crippen LogP contribution < -0.4 is 0 Å². The highest BCUT2D eigenvalue weighted by Crippen LogP contribution is 2.35. The fraction of sp³-hybridized carbons (Fsp3) is 0.294. The summed E-state index contributed by atoms with van der Waals surface area (Å²) in [6, 6.07) is 11.1. The standard InChI is InChI=1S/C17H15BrN4O2/c18-17-16-14(8-3-9-15(16)22(23)24)21(20-17)10-12-6-2-7-13(19-12)11-4-1-5-11/h2-3,6-9,11H,1,4-5,10H2. The number of non-ortho nitro benzene ring substituents is 1. The van der Waals surface area contributed by atoms with Crippen LogP contribution in [0.15, 0.2) is 41.0 Å². The summed E-state index contributed by atoms with van der Waals surface area (Å²) in [5, 5.41) is 16.2. The van der Waals surface area contributed by atoms with Crippen LogP contribution in [-0.2, 0) is 6.54 Å². The van der Waals surface area contributed by atoms with E-state index < -0.39 is 0 Å². The highest BCUT2D eigenvalue weighted by Gasteiger charge is 2.22. The monoisotopic (exact) mass is 386 g/mol. The van der Waals surface area contributed by atoms with Gasteiger partial charge in [0.15, 0.2) is 0 Å². The molecule has 0 spiro atoms. The van der Waals surface area contributed by atoms with Crippen molar-refractivity contribution in [3.63, 3.8) is 0 Å². The zero-order valence-corrected chi connectivity index (χ0v) is 14.4. The Labute approximate surface area is 146 Å². The van der Waals surface area contributed by atoms with E-state index in [0.717, 1.165) is 16.9 Å². The number of hydrogen-bond acceptors (Lipinski definition) is 4. The highest BCUT2D eigenvalue weighted by atomic mass is 79.9. The number of pyridine rings is 1. The SMILES string of the molecule is O=[N+]([O-])c1cccc2c1c(Br)nn2Cc1cccc(C2CCC2)n1. The maximum Gasteiger partial charge on any atom is 0.281 e. The zero-order valence-electron chi connectivity index (χ0n) is 12.9. The number of rotatable bonds is 4. The molecule has 122 valence electrons. The van der Waals surface area contributed by atoms with Gasteiger partial charge in [-0.25, -0.2) is 0 Å². The van der Waals surface area contributed by atoms with Crippen LogP contribution >= 0.6 is 15.9 Å². The molecule has 1 aliphatic carbocycles. The Bertz CT molecular complexity index is 933. The van der Waals surface area contributed by atoms with Crippen molar-refractivity contribution < 1.29 is 4.92 Å². The Morgan fingerprint density at radius 3 is 2.75 bits per heavy atom. The molecule has 7 heteroatoms. The number of nitro groups is 1. The maximum absolute atomic E-state index is 11.2. The van der Waals surface area contributed by atoms with Crippen LogP contribution in [0.2, 0.25) is 0 Å². The second-order valence-corrected chi connectivity index (χ2v) is 6.81. The fourth-order valence-corrected chi connectivity index (χ4v) is 3.71. The number of benzene rings is 1. The number of halogens is 1. The van der Waals surface area contributed by atoms with Crippen molar-refractivity contribution >= 4 is 32.5 Å². The molecule has 1 aliphatic rings. The van der Waals surface area contributed by atoms with Gasteiger partial charge < -0.3 is 0 Å². The van der Waals surface area contributed by atoms with Crippen LogP contribution in [0.4, 0.5) is 5.69 Å². The minimum atomic E-state index is -0.380. The van der Waals surface area contributed by atoms with Crippen molar-refractivity contribution in [3.8, 4) is 0 Å². The minimum absolute atomic E-state index is 0.0572. The molecule has 2 aromatic heterocycles. The van der Waals surface area contributed by atoms with Crippen molar-refractivity contribution in [2.24, 2.45) is 0 Å². The van der Waals surface area contributed by atoms with E-state index >= 15 is 0 Å². The maximum atomic E-state index is 11.2. The number of fused-ring (bicyclic) bond motifs is 1. The van der Waals surface area contributed by atoms with E-state index in [1.165, 1.54) is 25.3 Å². The number of hydrogen-bond donors (Lipinski definition) is 0. The molecule has 6 nitrogen and oxygen atoms in total. The number of nitro benzene ring substituents is 1. The molecule has 3 aromatic rings. The van der Waals surface area contributed by atoms with Crippen LogP contribution in [0.25, 0.3) is 10.9 Å². The molecule has 24 heavy (non-hydrogen) atoms. The highest BCUT2D eigenvalue weighted by molar-refractivity contribution is 9.10. The predicted molar refractivity (Wildman–Crippen MR) is 94.0 cm³/mol. The lowest BCUT2D eigenvalue weighted by molar-refractivity contribution is -0.383. The van der Waals surface area contributed by atoms with Crippen molar-refractivity contribution in [1.29, 1.82) is 0 Å². The van der Waals surface area contributed by atoms with Gasteiger partial charge in [-0.15, -0.1) is 0 Å². The van der Waals surface area contributed by atoms with Gasteiger partial charge in [0.25, 0.3) is 5.69 Å². The molecular weight excluding hydrogens is 372 g/mol.